The predicted molar refractivity (Wildman–Crippen MR) is 74.0 cm³/mol. The highest BCUT2D eigenvalue weighted by Gasteiger charge is 2.02. The van der Waals surface area contributed by atoms with Crippen LogP contribution in [0.1, 0.15) is 71.1 Å². The zero-order chi connectivity index (χ0) is 12.3. The molecular weight excluding hydrogens is 249 g/mol. The Morgan fingerprint density at radius 3 is 1.47 bits per heavy atom. The van der Waals surface area contributed by atoms with Gasteiger partial charge in [0.25, 0.3) is 10.1 Å². The van der Waals surface area contributed by atoms with Crippen LogP contribution in [-0.2, 0) is 10.1 Å². The Kier molecular flexibility index (Phi) is 15.4. The highest BCUT2D eigenvalue weighted by Crippen LogP contribution is 2.10. The molecule has 0 fully saturated rings. The lowest BCUT2D eigenvalue weighted by atomic mass is 10.1. The molecule has 0 rings (SSSR count). The maximum Gasteiger partial charge on any atom is 0.264 e. The maximum absolute atomic E-state index is 10.4. The van der Waals surface area contributed by atoms with Gasteiger partial charge >= 0.3 is 0 Å². The molecule has 0 saturated carbocycles. The fraction of sp³-hybridized carbons (Fsp3) is 1.00. The summed E-state index contributed by atoms with van der Waals surface area (Å²) >= 11 is 0. The topological polar surface area (TPSA) is 54.4 Å². The van der Waals surface area contributed by atoms with E-state index in [2.05, 4.69) is 6.92 Å². The van der Waals surface area contributed by atoms with Gasteiger partial charge in [0.2, 0.25) is 0 Å². The van der Waals surface area contributed by atoms with E-state index in [0.29, 0.717) is 6.42 Å². The van der Waals surface area contributed by atoms with E-state index < -0.39 is 10.1 Å². The fourth-order valence-electron chi connectivity index (χ4n) is 1.77. The highest BCUT2D eigenvalue weighted by molar-refractivity contribution is 7.85. The summed E-state index contributed by atoms with van der Waals surface area (Å²) in [6, 6.07) is 0. The second-order valence-corrected chi connectivity index (χ2v) is 6.04. The van der Waals surface area contributed by atoms with Crippen molar-refractivity contribution in [3.8, 4) is 0 Å². The maximum atomic E-state index is 10.4. The number of unbranched alkanes of at least 4 members (excludes halogenated alkanes) is 9. The molecule has 0 amide bonds. The van der Waals surface area contributed by atoms with Crippen molar-refractivity contribution in [3.05, 3.63) is 0 Å². The Labute approximate surface area is 123 Å². The average molecular weight is 275 g/mol. The van der Waals surface area contributed by atoms with E-state index in [1.165, 1.54) is 44.9 Å². The molecule has 100 valence electrons. The van der Waals surface area contributed by atoms with Crippen molar-refractivity contribution >= 4 is 33.2 Å². The molecule has 0 aromatic carbocycles. The van der Waals surface area contributed by atoms with Gasteiger partial charge in [-0.25, -0.2) is 0 Å². The molecule has 1 N–H and O–H groups in total. The lowest BCUT2D eigenvalue weighted by molar-refractivity contribution is 0.478. The van der Waals surface area contributed by atoms with Crippen LogP contribution in [0.2, 0.25) is 0 Å². The van der Waals surface area contributed by atoms with Gasteiger partial charge in [-0.1, -0.05) is 64.7 Å². The van der Waals surface area contributed by atoms with Gasteiger partial charge in [-0.05, 0) is 6.42 Å². The van der Waals surface area contributed by atoms with Gasteiger partial charge in [0.05, 0.1) is 5.75 Å². The first-order valence-electron chi connectivity index (χ1n) is 6.51. The third kappa shape index (κ3) is 19.2. The molecule has 17 heavy (non-hydrogen) atoms. The molecule has 0 aliphatic heterocycles. The summed E-state index contributed by atoms with van der Waals surface area (Å²) in [5.74, 6) is -0.0799. The molecule has 0 unspecified atom stereocenters. The fourth-order valence-corrected chi connectivity index (χ4v) is 2.34. The van der Waals surface area contributed by atoms with E-state index in [1.807, 2.05) is 0 Å². The van der Waals surface area contributed by atoms with Crippen LogP contribution in [-0.4, -0.2) is 41.8 Å². The van der Waals surface area contributed by atoms with Crippen molar-refractivity contribution in [1.82, 2.24) is 0 Å². The Bertz CT molecular complexity index is 240. The molecular formula is C12H26MgO3S. The van der Waals surface area contributed by atoms with E-state index in [4.69, 9.17) is 4.55 Å². The highest BCUT2D eigenvalue weighted by atomic mass is 32.2. The smallest absolute Gasteiger partial charge is 0.264 e. The van der Waals surface area contributed by atoms with Gasteiger partial charge in [-0.15, -0.1) is 0 Å². The molecule has 5 heteroatoms. The zero-order valence-corrected chi connectivity index (χ0v) is 13.4. The van der Waals surface area contributed by atoms with Crippen LogP contribution >= 0.6 is 0 Å². The summed E-state index contributed by atoms with van der Waals surface area (Å²) in [6.07, 6.45) is 11.7. The molecule has 0 spiro atoms. The van der Waals surface area contributed by atoms with E-state index in [0.717, 1.165) is 12.8 Å². The van der Waals surface area contributed by atoms with E-state index in [-0.39, 0.29) is 28.8 Å². The first-order valence-corrected chi connectivity index (χ1v) is 8.12. The standard InChI is InChI=1S/C12H26O3S.Mg/c1-2-3-4-5-6-7-8-9-10-11-12-16(13,14)15;/h2-12H2,1H3,(H,13,14,15);. The van der Waals surface area contributed by atoms with Crippen molar-refractivity contribution < 1.29 is 13.0 Å². The molecule has 0 aliphatic rings. The van der Waals surface area contributed by atoms with Crippen LogP contribution in [0.4, 0.5) is 0 Å². The van der Waals surface area contributed by atoms with Crippen molar-refractivity contribution in [1.29, 1.82) is 0 Å². The van der Waals surface area contributed by atoms with Crippen molar-refractivity contribution in [2.24, 2.45) is 0 Å². The van der Waals surface area contributed by atoms with Crippen molar-refractivity contribution in [3.63, 3.8) is 0 Å². The second kappa shape index (κ2) is 13.1. The van der Waals surface area contributed by atoms with Gasteiger partial charge in [0.15, 0.2) is 0 Å². The van der Waals surface area contributed by atoms with Gasteiger partial charge in [-0.2, -0.15) is 8.42 Å². The minimum Gasteiger partial charge on any atom is -0.286 e. The van der Waals surface area contributed by atoms with Crippen LogP contribution in [0.5, 0.6) is 0 Å². The number of rotatable bonds is 11. The Morgan fingerprint density at radius 2 is 1.12 bits per heavy atom. The van der Waals surface area contributed by atoms with Crippen LogP contribution in [0.15, 0.2) is 0 Å². The summed E-state index contributed by atoms with van der Waals surface area (Å²) in [6.45, 7) is 2.22. The first kappa shape index (κ1) is 20.0. The lowest BCUT2D eigenvalue weighted by Gasteiger charge is -2.01. The molecule has 0 saturated heterocycles. The van der Waals surface area contributed by atoms with Gasteiger partial charge in [-0.3, -0.25) is 4.55 Å². The van der Waals surface area contributed by atoms with Gasteiger partial charge < -0.3 is 0 Å². The largest absolute Gasteiger partial charge is 0.286 e. The molecule has 0 aromatic rings. The summed E-state index contributed by atoms with van der Waals surface area (Å²) in [5.41, 5.74) is 0. The van der Waals surface area contributed by atoms with Crippen molar-refractivity contribution in [2.45, 2.75) is 71.1 Å². The molecule has 0 heterocycles. The third-order valence-corrected chi connectivity index (χ3v) is 3.56. The minimum absolute atomic E-state index is 0. The summed E-state index contributed by atoms with van der Waals surface area (Å²) < 4.78 is 29.4. The lowest BCUT2D eigenvalue weighted by Crippen LogP contribution is -2.03. The number of hydrogen-bond donors (Lipinski definition) is 1. The monoisotopic (exact) mass is 274 g/mol. The van der Waals surface area contributed by atoms with Crippen LogP contribution in [0, 0.1) is 0 Å². The van der Waals surface area contributed by atoms with Crippen LogP contribution in [0.3, 0.4) is 0 Å². The summed E-state index contributed by atoms with van der Waals surface area (Å²) in [4.78, 5) is 0. The number of hydrogen-bond acceptors (Lipinski definition) is 2. The quantitative estimate of drug-likeness (QED) is 0.357. The van der Waals surface area contributed by atoms with Crippen LogP contribution in [0.25, 0.3) is 0 Å². The SMILES string of the molecule is CCCCCCCCCCCCS(=O)(=O)O.[Mg]. The molecule has 0 atom stereocenters. The molecule has 2 radical (unpaired) electrons. The zero-order valence-electron chi connectivity index (χ0n) is 11.2. The van der Waals surface area contributed by atoms with Gasteiger partial charge in [0, 0.05) is 23.1 Å². The summed E-state index contributed by atoms with van der Waals surface area (Å²) in [7, 11) is -3.73. The first-order chi connectivity index (χ1) is 7.56. The molecule has 0 aromatic heterocycles. The Balaban J connectivity index is 0. The van der Waals surface area contributed by atoms with Crippen LogP contribution < -0.4 is 0 Å². The second-order valence-electron chi connectivity index (χ2n) is 4.47. The van der Waals surface area contributed by atoms with E-state index >= 15 is 0 Å². The Morgan fingerprint density at radius 1 is 0.765 bits per heavy atom. The molecule has 0 bridgehead atoms. The normalized spacial score (nSPS) is 11.2. The van der Waals surface area contributed by atoms with Gasteiger partial charge in [0.1, 0.15) is 0 Å². The Hall–Kier alpha value is 0.676. The summed E-state index contributed by atoms with van der Waals surface area (Å²) in [5, 5.41) is 0. The molecule has 3 nitrogen and oxygen atoms in total. The third-order valence-electron chi connectivity index (χ3n) is 2.76. The van der Waals surface area contributed by atoms with E-state index in [1.54, 1.807) is 0 Å². The minimum atomic E-state index is -3.73. The van der Waals surface area contributed by atoms with E-state index in [9.17, 15) is 8.42 Å². The average Bonchev–Trinajstić information content (AvgIpc) is 2.19. The molecule has 0 aliphatic carbocycles. The predicted octanol–water partition coefficient (Wildman–Crippen LogP) is 3.41. The van der Waals surface area contributed by atoms with Crippen molar-refractivity contribution in [2.75, 3.05) is 5.75 Å².